The van der Waals surface area contributed by atoms with Crippen LogP contribution in [0.15, 0.2) is 53.1 Å². The number of rotatable bonds is 7. The first-order valence-electron chi connectivity index (χ1n) is 9.54. The summed E-state index contributed by atoms with van der Waals surface area (Å²) in [5.41, 5.74) is 4.29. The zero-order chi connectivity index (χ0) is 20.1. The molecule has 1 heterocycles. The quantitative estimate of drug-likeness (QED) is 0.578. The lowest BCUT2D eigenvalue weighted by atomic mass is 9.97. The first-order valence-corrected chi connectivity index (χ1v) is 9.54. The van der Waals surface area contributed by atoms with Gasteiger partial charge in [0.1, 0.15) is 18.1 Å². The molecule has 28 heavy (non-hydrogen) atoms. The first kappa shape index (κ1) is 19.7. The molecule has 5 nitrogen and oxygen atoms in total. The molecule has 1 atom stereocenters. The number of benzene rings is 2. The molecule has 1 amide bonds. The van der Waals surface area contributed by atoms with Crippen molar-refractivity contribution >= 4 is 11.6 Å². The molecule has 0 saturated carbocycles. The fraction of sp³-hybridized carbons (Fsp3) is 0.304. The van der Waals surface area contributed by atoms with Crippen molar-refractivity contribution in [3.63, 3.8) is 0 Å². The van der Waals surface area contributed by atoms with E-state index in [4.69, 9.17) is 9.26 Å². The number of para-hydroxylation sites is 1. The summed E-state index contributed by atoms with van der Waals surface area (Å²) in [6.45, 7) is 8.39. The summed E-state index contributed by atoms with van der Waals surface area (Å²) in [6, 6.07) is 15.1. The zero-order valence-electron chi connectivity index (χ0n) is 16.8. The van der Waals surface area contributed by atoms with Crippen LogP contribution >= 0.6 is 0 Å². The van der Waals surface area contributed by atoms with Gasteiger partial charge in [-0.1, -0.05) is 43.3 Å². The van der Waals surface area contributed by atoms with Crippen LogP contribution in [0.1, 0.15) is 59.1 Å². The fourth-order valence-electron chi connectivity index (χ4n) is 3.05. The number of anilines is 1. The van der Waals surface area contributed by atoms with Crippen LogP contribution in [0.4, 0.5) is 5.69 Å². The van der Waals surface area contributed by atoms with Gasteiger partial charge in [-0.15, -0.1) is 0 Å². The van der Waals surface area contributed by atoms with Crippen LogP contribution in [-0.2, 0) is 6.61 Å². The Morgan fingerprint density at radius 1 is 1.18 bits per heavy atom. The average Bonchev–Trinajstić information content (AvgIpc) is 3.04. The molecule has 146 valence electrons. The van der Waals surface area contributed by atoms with Crippen LogP contribution in [0.2, 0.25) is 0 Å². The molecule has 2 aromatic carbocycles. The van der Waals surface area contributed by atoms with Gasteiger partial charge in [0.2, 0.25) is 0 Å². The van der Waals surface area contributed by atoms with Gasteiger partial charge in [-0.05, 0) is 56.0 Å². The van der Waals surface area contributed by atoms with Crippen molar-refractivity contribution in [1.29, 1.82) is 0 Å². The lowest BCUT2D eigenvalue weighted by Crippen LogP contribution is -2.14. The predicted molar refractivity (Wildman–Crippen MR) is 110 cm³/mol. The summed E-state index contributed by atoms with van der Waals surface area (Å²) in [7, 11) is 0. The van der Waals surface area contributed by atoms with E-state index < -0.39 is 0 Å². The fourth-order valence-corrected chi connectivity index (χ4v) is 3.05. The zero-order valence-corrected chi connectivity index (χ0v) is 16.8. The Morgan fingerprint density at radius 3 is 2.68 bits per heavy atom. The molecule has 1 unspecified atom stereocenters. The highest BCUT2D eigenvalue weighted by Gasteiger charge is 2.14. The second kappa shape index (κ2) is 8.74. The Kier molecular flexibility index (Phi) is 6.14. The van der Waals surface area contributed by atoms with Gasteiger partial charge in [0.25, 0.3) is 5.91 Å². The summed E-state index contributed by atoms with van der Waals surface area (Å²) in [5.74, 6) is 1.59. The second-order valence-electron chi connectivity index (χ2n) is 6.97. The van der Waals surface area contributed by atoms with E-state index in [1.165, 1.54) is 0 Å². The third-order valence-corrected chi connectivity index (χ3v) is 5.01. The van der Waals surface area contributed by atoms with Crippen LogP contribution in [0, 0.1) is 13.8 Å². The van der Waals surface area contributed by atoms with E-state index in [-0.39, 0.29) is 5.91 Å². The molecule has 3 aromatic rings. The topological polar surface area (TPSA) is 64.4 Å². The summed E-state index contributed by atoms with van der Waals surface area (Å²) >= 11 is 0. The third-order valence-electron chi connectivity index (χ3n) is 5.01. The van der Waals surface area contributed by atoms with E-state index in [0.29, 0.717) is 23.8 Å². The first-order chi connectivity index (χ1) is 13.5. The van der Waals surface area contributed by atoms with Crippen molar-refractivity contribution < 1.29 is 14.1 Å². The van der Waals surface area contributed by atoms with Crippen molar-refractivity contribution in [2.75, 3.05) is 5.32 Å². The molecule has 0 aliphatic heterocycles. The highest BCUT2D eigenvalue weighted by molar-refractivity contribution is 6.04. The number of carbonyl (C=O) groups excluding carboxylic acids is 1. The molecule has 0 aliphatic rings. The molecule has 0 aliphatic carbocycles. The number of aryl methyl sites for hydroxylation is 2. The van der Waals surface area contributed by atoms with Gasteiger partial charge in [-0.3, -0.25) is 4.79 Å². The maximum Gasteiger partial charge on any atom is 0.255 e. The van der Waals surface area contributed by atoms with Gasteiger partial charge in [0, 0.05) is 11.3 Å². The highest BCUT2D eigenvalue weighted by Crippen LogP contribution is 2.27. The maximum absolute atomic E-state index is 12.8. The van der Waals surface area contributed by atoms with Gasteiger partial charge in [-0.2, -0.15) is 0 Å². The summed E-state index contributed by atoms with van der Waals surface area (Å²) in [4.78, 5) is 12.8. The molecule has 0 fully saturated rings. The van der Waals surface area contributed by atoms with Gasteiger partial charge in [0.05, 0.1) is 11.3 Å². The number of ether oxygens (including phenoxy) is 1. The Balaban J connectivity index is 1.73. The van der Waals surface area contributed by atoms with Crippen LogP contribution in [0.3, 0.4) is 0 Å². The average molecular weight is 378 g/mol. The normalized spacial score (nSPS) is 11.9. The predicted octanol–water partition coefficient (Wildman–Crippen LogP) is 5.64. The minimum atomic E-state index is -0.154. The molecule has 0 bridgehead atoms. The van der Waals surface area contributed by atoms with Crippen molar-refractivity contribution in [2.24, 2.45) is 0 Å². The van der Waals surface area contributed by atoms with Gasteiger partial charge >= 0.3 is 0 Å². The van der Waals surface area contributed by atoms with Gasteiger partial charge < -0.3 is 14.6 Å². The molecule has 0 saturated heterocycles. The Bertz CT molecular complexity index is 942. The van der Waals surface area contributed by atoms with E-state index in [9.17, 15) is 4.79 Å². The van der Waals surface area contributed by atoms with Crippen molar-refractivity contribution in [2.45, 2.75) is 46.6 Å². The number of amides is 1. The third kappa shape index (κ3) is 4.42. The lowest BCUT2D eigenvalue weighted by molar-refractivity contribution is 0.102. The van der Waals surface area contributed by atoms with Crippen molar-refractivity contribution in [3.8, 4) is 5.75 Å². The summed E-state index contributed by atoms with van der Waals surface area (Å²) in [5, 5.41) is 6.97. The molecule has 5 heteroatoms. The largest absolute Gasteiger partial charge is 0.489 e. The molecule has 0 spiro atoms. The van der Waals surface area contributed by atoms with E-state index in [2.05, 4.69) is 30.4 Å². The van der Waals surface area contributed by atoms with Crippen LogP contribution in [0.25, 0.3) is 0 Å². The Labute approximate surface area is 165 Å². The van der Waals surface area contributed by atoms with Crippen molar-refractivity contribution in [1.82, 2.24) is 5.16 Å². The maximum atomic E-state index is 12.8. The molecule has 1 N–H and O–H groups in total. The minimum absolute atomic E-state index is 0.154. The molecule has 1 aromatic heterocycles. The Hall–Kier alpha value is -3.08. The molecule has 0 radical (unpaired) electrons. The second-order valence-corrected chi connectivity index (χ2v) is 6.97. The summed E-state index contributed by atoms with van der Waals surface area (Å²) < 4.78 is 11.0. The SMILES string of the molecule is CCC(C)c1ccccc1NC(=O)c1cccc(OCc2c(C)noc2C)c1. The van der Waals surface area contributed by atoms with E-state index >= 15 is 0 Å². The number of nitrogens with zero attached hydrogens (tertiary/aromatic N) is 1. The lowest BCUT2D eigenvalue weighted by Gasteiger charge is -2.16. The van der Waals surface area contributed by atoms with Crippen LogP contribution in [0.5, 0.6) is 5.75 Å². The highest BCUT2D eigenvalue weighted by atomic mass is 16.5. The number of carbonyl (C=O) groups is 1. The van der Waals surface area contributed by atoms with Crippen molar-refractivity contribution in [3.05, 3.63) is 76.7 Å². The van der Waals surface area contributed by atoms with E-state index in [1.54, 1.807) is 12.1 Å². The monoisotopic (exact) mass is 378 g/mol. The van der Waals surface area contributed by atoms with E-state index in [1.807, 2.05) is 44.2 Å². The minimum Gasteiger partial charge on any atom is -0.489 e. The number of nitrogens with one attached hydrogen (secondary N) is 1. The van der Waals surface area contributed by atoms with Crippen LogP contribution in [-0.4, -0.2) is 11.1 Å². The number of aromatic nitrogens is 1. The standard InChI is InChI=1S/C23H26N2O3/c1-5-15(2)20-11-6-7-12-22(20)24-23(26)18-9-8-10-19(13-18)27-14-21-16(3)25-28-17(21)4/h6-13,15H,5,14H2,1-4H3,(H,24,26). The number of hydrogen-bond donors (Lipinski definition) is 1. The smallest absolute Gasteiger partial charge is 0.255 e. The summed E-state index contributed by atoms with van der Waals surface area (Å²) in [6.07, 6.45) is 1.01. The number of hydrogen-bond acceptors (Lipinski definition) is 4. The Morgan fingerprint density at radius 2 is 1.96 bits per heavy atom. The molecular formula is C23H26N2O3. The van der Waals surface area contributed by atoms with Gasteiger partial charge in [0.15, 0.2) is 0 Å². The van der Waals surface area contributed by atoms with Crippen LogP contribution < -0.4 is 10.1 Å². The van der Waals surface area contributed by atoms with E-state index in [0.717, 1.165) is 34.7 Å². The molecular weight excluding hydrogens is 352 g/mol. The molecule has 3 rings (SSSR count). The van der Waals surface area contributed by atoms with Gasteiger partial charge in [-0.25, -0.2) is 0 Å².